The molecule has 15 heavy (non-hydrogen) atoms. The van der Waals surface area contributed by atoms with E-state index in [0.29, 0.717) is 0 Å². The number of rotatable bonds is 4. The maximum absolute atomic E-state index is 11.3. The highest BCUT2D eigenvalue weighted by molar-refractivity contribution is 5.85. The van der Waals surface area contributed by atoms with Crippen molar-refractivity contribution < 1.29 is 14.3 Å². The molecular weight excluding hydrogens is 220 g/mol. The van der Waals surface area contributed by atoms with Crippen LogP contribution in [0.1, 0.15) is 33.6 Å². The van der Waals surface area contributed by atoms with Gasteiger partial charge in [0.2, 0.25) is 5.91 Å². The van der Waals surface area contributed by atoms with Crippen molar-refractivity contribution in [2.45, 2.75) is 45.3 Å². The van der Waals surface area contributed by atoms with Gasteiger partial charge in [-0.2, -0.15) is 0 Å². The molecule has 6 heteroatoms. The molecule has 0 spiro atoms. The average molecular weight is 239 g/mol. The van der Waals surface area contributed by atoms with E-state index in [-0.39, 0.29) is 25.2 Å². The van der Waals surface area contributed by atoms with Crippen LogP contribution in [-0.4, -0.2) is 23.5 Å². The summed E-state index contributed by atoms with van der Waals surface area (Å²) in [5.41, 5.74) is 9.86. The first kappa shape index (κ1) is 16.6. The molecule has 1 amide bonds. The lowest BCUT2D eigenvalue weighted by molar-refractivity contribution is -0.156. The van der Waals surface area contributed by atoms with Gasteiger partial charge in [-0.1, -0.05) is 0 Å². The topological polar surface area (TPSA) is 95.4 Å². The Hall–Kier alpha value is -0.810. The summed E-state index contributed by atoms with van der Waals surface area (Å²) in [5, 5.41) is 0. The van der Waals surface area contributed by atoms with E-state index in [9.17, 15) is 9.59 Å². The number of primary amides is 1. The van der Waals surface area contributed by atoms with E-state index >= 15 is 0 Å². The van der Waals surface area contributed by atoms with Crippen LogP contribution in [0.15, 0.2) is 0 Å². The van der Waals surface area contributed by atoms with Crippen LogP contribution < -0.4 is 11.5 Å². The first-order valence-electron chi connectivity index (χ1n) is 4.49. The number of carbonyl (C=O) groups is 2. The third kappa shape index (κ3) is 9.49. The number of hydrogen-bond acceptors (Lipinski definition) is 4. The van der Waals surface area contributed by atoms with Crippen molar-refractivity contribution in [1.82, 2.24) is 0 Å². The summed E-state index contributed by atoms with van der Waals surface area (Å²) < 4.78 is 5.02. The Morgan fingerprint density at radius 3 is 2.13 bits per heavy atom. The van der Waals surface area contributed by atoms with Crippen LogP contribution >= 0.6 is 12.4 Å². The Morgan fingerprint density at radius 1 is 1.33 bits per heavy atom. The highest BCUT2D eigenvalue weighted by Crippen LogP contribution is 2.09. The smallest absolute Gasteiger partial charge is 0.323 e. The number of halogens is 1. The second-order valence-electron chi connectivity index (χ2n) is 4.14. The molecule has 0 aliphatic heterocycles. The van der Waals surface area contributed by atoms with Gasteiger partial charge in [0.05, 0.1) is 0 Å². The van der Waals surface area contributed by atoms with Crippen LogP contribution in [0.5, 0.6) is 0 Å². The minimum Gasteiger partial charge on any atom is -0.459 e. The quantitative estimate of drug-likeness (QED) is 0.691. The summed E-state index contributed by atoms with van der Waals surface area (Å²) in [5.74, 6) is -0.970. The van der Waals surface area contributed by atoms with E-state index in [2.05, 4.69) is 0 Å². The Morgan fingerprint density at radius 2 is 1.80 bits per heavy atom. The molecule has 0 radical (unpaired) electrons. The molecule has 0 rings (SSSR count). The van der Waals surface area contributed by atoms with Gasteiger partial charge in [0.15, 0.2) is 0 Å². The summed E-state index contributed by atoms with van der Waals surface area (Å²) >= 11 is 0. The Kier molecular flexibility index (Phi) is 7.35. The van der Waals surface area contributed by atoms with Gasteiger partial charge in [0.1, 0.15) is 11.6 Å². The van der Waals surface area contributed by atoms with Crippen LogP contribution in [0.4, 0.5) is 0 Å². The predicted molar refractivity (Wildman–Crippen MR) is 59.5 cm³/mol. The zero-order valence-electron chi connectivity index (χ0n) is 9.28. The number of hydrogen-bond donors (Lipinski definition) is 2. The molecule has 0 heterocycles. The van der Waals surface area contributed by atoms with Gasteiger partial charge < -0.3 is 16.2 Å². The fraction of sp³-hybridized carbons (Fsp3) is 0.778. The number of carbonyl (C=O) groups excluding carboxylic acids is 2. The Bertz CT molecular complexity index is 226. The normalized spacial score (nSPS) is 12.5. The molecular formula is C9H19ClN2O3. The van der Waals surface area contributed by atoms with E-state index in [1.165, 1.54) is 0 Å². The first-order valence-corrected chi connectivity index (χ1v) is 4.49. The molecule has 4 N–H and O–H groups in total. The molecule has 5 nitrogen and oxygen atoms in total. The molecule has 1 unspecified atom stereocenters. The van der Waals surface area contributed by atoms with Gasteiger partial charge in [-0.05, 0) is 27.2 Å². The molecule has 0 aromatic carbocycles. The fourth-order valence-corrected chi connectivity index (χ4v) is 0.793. The summed E-state index contributed by atoms with van der Waals surface area (Å²) in [4.78, 5) is 21.7. The van der Waals surface area contributed by atoms with Crippen molar-refractivity contribution in [3.63, 3.8) is 0 Å². The zero-order chi connectivity index (χ0) is 11.4. The summed E-state index contributed by atoms with van der Waals surface area (Å²) in [6, 6.07) is -0.776. The van der Waals surface area contributed by atoms with E-state index in [0.717, 1.165) is 0 Å². The highest BCUT2D eigenvalue weighted by Gasteiger charge is 2.22. The molecule has 0 aromatic rings. The van der Waals surface area contributed by atoms with Crippen molar-refractivity contribution >= 4 is 24.3 Å². The molecule has 1 atom stereocenters. The third-order valence-electron chi connectivity index (χ3n) is 1.41. The van der Waals surface area contributed by atoms with E-state index < -0.39 is 23.5 Å². The first-order chi connectivity index (χ1) is 6.22. The van der Waals surface area contributed by atoms with E-state index in [1.807, 2.05) is 0 Å². The summed E-state index contributed by atoms with van der Waals surface area (Å²) in [6.45, 7) is 5.27. The van der Waals surface area contributed by atoms with Crippen LogP contribution in [0.3, 0.4) is 0 Å². The SMILES string of the molecule is CC(C)(C)OC(=O)C(N)CCC(N)=O.Cl. The van der Waals surface area contributed by atoms with Crippen molar-refractivity contribution in [2.24, 2.45) is 11.5 Å². The van der Waals surface area contributed by atoms with E-state index in [4.69, 9.17) is 16.2 Å². The molecule has 0 aliphatic carbocycles. The lowest BCUT2D eigenvalue weighted by atomic mass is 10.1. The molecule has 0 aliphatic rings. The number of esters is 1. The van der Waals surface area contributed by atoms with E-state index in [1.54, 1.807) is 20.8 Å². The average Bonchev–Trinajstić information content (AvgIpc) is 1.96. The Balaban J connectivity index is 0. The summed E-state index contributed by atoms with van der Waals surface area (Å²) in [7, 11) is 0. The summed E-state index contributed by atoms with van der Waals surface area (Å²) in [6.07, 6.45) is 0.324. The van der Waals surface area contributed by atoms with Gasteiger partial charge >= 0.3 is 5.97 Å². The standard InChI is InChI=1S/C9H18N2O3.ClH/c1-9(2,3)14-8(13)6(10)4-5-7(11)12;/h6H,4-5,10H2,1-3H3,(H2,11,12);1H. The van der Waals surface area contributed by atoms with Gasteiger partial charge in [0.25, 0.3) is 0 Å². The Labute approximate surface area is 95.9 Å². The molecule has 0 aromatic heterocycles. The second kappa shape index (κ2) is 6.63. The van der Waals surface area contributed by atoms with Gasteiger partial charge in [-0.3, -0.25) is 9.59 Å². The lowest BCUT2D eigenvalue weighted by Crippen LogP contribution is -2.38. The molecule has 0 bridgehead atoms. The largest absolute Gasteiger partial charge is 0.459 e. The maximum Gasteiger partial charge on any atom is 0.323 e. The minimum atomic E-state index is -0.776. The molecule has 0 fully saturated rings. The van der Waals surface area contributed by atoms with Crippen molar-refractivity contribution in [1.29, 1.82) is 0 Å². The van der Waals surface area contributed by atoms with Gasteiger partial charge in [-0.25, -0.2) is 0 Å². The van der Waals surface area contributed by atoms with Crippen LogP contribution in [0, 0.1) is 0 Å². The van der Waals surface area contributed by atoms with Crippen LogP contribution in [-0.2, 0) is 14.3 Å². The van der Waals surface area contributed by atoms with Crippen LogP contribution in [0.2, 0.25) is 0 Å². The van der Waals surface area contributed by atoms with Crippen molar-refractivity contribution in [2.75, 3.05) is 0 Å². The number of ether oxygens (including phenoxy) is 1. The minimum absolute atomic E-state index is 0. The van der Waals surface area contributed by atoms with Gasteiger partial charge in [-0.15, -0.1) is 12.4 Å². The number of nitrogens with two attached hydrogens (primary N) is 2. The van der Waals surface area contributed by atoms with Gasteiger partial charge in [0, 0.05) is 6.42 Å². The predicted octanol–water partition coefficient (Wildman–Crippen LogP) is 0.343. The highest BCUT2D eigenvalue weighted by atomic mass is 35.5. The van der Waals surface area contributed by atoms with Crippen molar-refractivity contribution in [3.05, 3.63) is 0 Å². The zero-order valence-corrected chi connectivity index (χ0v) is 10.1. The molecule has 0 saturated carbocycles. The number of amides is 1. The molecule has 90 valence electrons. The fourth-order valence-electron chi connectivity index (χ4n) is 0.793. The van der Waals surface area contributed by atoms with Crippen molar-refractivity contribution in [3.8, 4) is 0 Å². The lowest BCUT2D eigenvalue weighted by Gasteiger charge is -2.21. The second-order valence-corrected chi connectivity index (χ2v) is 4.14. The maximum atomic E-state index is 11.3. The van der Waals surface area contributed by atoms with Crippen LogP contribution in [0.25, 0.3) is 0 Å². The molecule has 0 saturated heterocycles. The third-order valence-corrected chi connectivity index (χ3v) is 1.41. The monoisotopic (exact) mass is 238 g/mol.